The van der Waals surface area contributed by atoms with Gasteiger partial charge in [0.05, 0.1) is 10.8 Å². The number of nitrogens with one attached hydrogen (secondary N) is 1. The number of hydrogen-bond donors (Lipinski definition) is 1. The van der Waals surface area contributed by atoms with Crippen molar-refractivity contribution in [3.8, 4) is 0 Å². The van der Waals surface area contributed by atoms with E-state index in [1.807, 2.05) is 0 Å². The summed E-state index contributed by atoms with van der Waals surface area (Å²) in [6, 6.07) is 15.1. The van der Waals surface area contributed by atoms with Crippen molar-refractivity contribution in [2.45, 2.75) is 30.2 Å². The molecule has 164 valence electrons. The molecule has 2 heterocycles. The van der Waals surface area contributed by atoms with Gasteiger partial charge in [-0.2, -0.15) is 0 Å². The van der Waals surface area contributed by atoms with E-state index in [0.717, 1.165) is 0 Å². The Morgan fingerprint density at radius 1 is 1.03 bits per heavy atom. The van der Waals surface area contributed by atoms with Crippen LogP contribution in [0, 0.1) is 5.92 Å². The number of hydrogen-bond acceptors (Lipinski definition) is 4. The molecule has 2 aromatic rings. The first-order valence-corrected chi connectivity index (χ1v) is 12.1. The van der Waals surface area contributed by atoms with Crippen molar-refractivity contribution >= 4 is 39.1 Å². The highest BCUT2D eigenvalue weighted by Crippen LogP contribution is 2.29. The highest BCUT2D eigenvalue weighted by atomic mass is 35.5. The third kappa shape index (κ3) is 4.92. The minimum Gasteiger partial charge on any atom is -0.342 e. The van der Waals surface area contributed by atoms with Gasteiger partial charge in [0.25, 0.3) is 0 Å². The van der Waals surface area contributed by atoms with Crippen LogP contribution < -0.4 is 9.62 Å². The molecule has 2 saturated heterocycles. The van der Waals surface area contributed by atoms with E-state index >= 15 is 0 Å². The molecule has 2 aliphatic rings. The molecule has 0 aromatic heterocycles. The molecule has 0 bridgehead atoms. The topological polar surface area (TPSA) is 86.8 Å². The number of benzene rings is 2. The van der Waals surface area contributed by atoms with Gasteiger partial charge in [-0.3, -0.25) is 9.59 Å². The summed E-state index contributed by atoms with van der Waals surface area (Å²) in [7, 11) is -3.58. The van der Waals surface area contributed by atoms with Crippen molar-refractivity contribution in [3.63, 3.8) is 0 Å². The lowest BCUT2D eigenvalue weighted by Crippen LogP contribution is -2.48. The third-order valence-electron chi connectivity index (χ3n) is 5.78. The Bertz CT molecular complexity index is 1070. The van der Waals surface area contributed by atoms with Crippen molar-refractivity contribution in [3.05, 3.63) is 59.6 Å². The molecule has 0 spiro atoms. The monoisotopic (exact) mass is 461 g/mol. The van der Waals surface area contributed by atoms with E-state index in [1.165, 1.54) is 0 Å². The van der Waals surface area contributed by atoms with Crippen molar-refractivity contribution in [2.75, 3.05) is 24.5 Å². The van der Waals surface area contributed by atoms with E-state index in [4.69, 9.17) is 11.6 Å². The second kappa shape index (κ2) is 8.98. The van der Waals surface area contributed by atoms with Gasteiger partial charge in [0, 0.05) is 42.8 Å². The number of likely N-dealkylation sites (tertiary alicyclic amines) is 1. The van der Waals surface area contributed by atoms with Crippen LogP contribution in [0.3, 0.4) is 0 Å². The Kier molecular flexibility index (Phi) is 6.31. The van der Waals surface area contributed by atoms with Crippen molar-refractivity contribution in [1.29, 1.82) is 0 Å². The molecule has 2 aliphatic heterocycles. The minimum atomic E-state index is -3.58. The summed E-state index contributed by atoms with van der Waals surface area (Å²) < 4.78 is 27.8. The van der Waals surface area contributed by atoms with Crippen LogP contribution in [0.1, 0.15) is 19.3 Å². The van der Waals surface area contributed by atoms with Crippen LogP contribution in [-0.2, 0) is 19.6 Å². The first-order chi connectivity index (χ1) is 14.8. The van der Waals surface area contributed by atoms with E-state index in [2.05, 4.69) is 4.72 Å². The van der Waals surface area contributed by atoms with Crippen LogP contribution in [0.4, 0.5) is 5.69 Å². The molecular formula is C22H24ClN3O4S. The van der Waals surface area contributed by atoms with Crippen LogP contribution in [0.5, 0.6) is 0 Å². The largest absolute Gasteiger partial charge is 0.342 e. The summed E-state index contributed by atoms with van der Waals surface area (Å²) in [6.07, 6.45) is 1.25. The minimum absolute atomic E-state index is 0.0535. The molecule has 0 radical (unpaired) electrons. The number of nitrogens with zero attached hydrogens (tertiary/aromatic N) is 2. The zero-order chi connectivity index (χ0) is 22.0. The first-order valence-electron chi connectivity index (χ1n) is 10.3. The molecule has 1 N–H and O–H groups in total. The van der Waals surface area contributed by atoms with Gasteiger partial charge in [-0.15, -0.1) is 0 Å². The van der Waals surface area contributed by atoms with Gasteiger partial charge in [0.15, 0.2) is 0 Å². The SMILES string of the molecule is O=C([C@H]1CC(=O)N(c2cccc(Cl)c2)C1)N1CCC(NS(=O)(=O)c2ccccc2)CC1. The fraction of sp³-hybridized carbons (Fsp3) is 0.364. The van der Waals surface area contributed by atoms with Gasteiger partial charge in [-0.25, -0.2) is 13.1 Å². The van der Waals surface area contributed by atoms with Crippen LogP contribution in [0.15, 0.2) is 59.5 Å². The van der Waals surface area contributed by atoms with E-state index in [9.17, 15) is 18.0 Å². The summed E-state index contributed by atoms with van der Waals surface area (Å²) in [5.74, 6) is -0.544. The molecular weight excluding hydrogens is 438 g/mol. The summed E-state index contributed by atoms with van der Waals surface area (Å²) >= 11 is 6.03. The average molecular weight is 462 g/mol. The Balaban J connectivity index is 1.33. The molecule has 4 rings (SSSR count). The van der Waals surface area contributed by atoms with Crippen LogP contribution >= 0.6 is 11.6 Å². The molecule has 2 amide bonds. The number of amides is 2. The highest BCUT2D eigenvalue weighted by Gasteiger charge is 2.38. The average Bonchev–Trinajstić information content (AvgIpc) is 3.16. The number of halogens is 1. The molecule has 2 aromatic carbocycles. The fourth-order valence-electron chi connectivity index (χ4n) is 4.13. The van der Waals surface area contributed by atoms with Gasteiger partial charge in [-0.1, -0.05) is 35.9 Å². The lowest BCUT2D eigenvalue weighted by atomic mass is 10.0. The zero-order valence-electron chi connectivity index (χ0n) is 16.9. The fourth-order valence-corrected chi connectivity index (χ4v) is 5.64. The second-order valence-electron chi connectivity index (χ2n) is 7.92. The van der Waals surface area contributed by atoms with E-state index < -0.39 is 15.9 Å². The number of piperidine rings is 1. The zero-order valence-corrected chi connectivity index (χ0v) is 18.5. The lowest BCUT2D eigenvalue weighted by molar-refractivity contribution is -0.136. The molecule has 2 fully saturated rings. The number of sulfonamides is 1. The van der Waals surface area contributed by atoms with E-state index in [0.29, 0.717) is 43.2 Å². The molecule has 1 atom stereocenters. The molecule has 0 unspecified atom stereocenters. The predicted octanol–water partition coefficient (Wildman–Crippen LogP) is 2.66. The maximum absolute atomic E-state index is 13.0. The summed E-state index contributed by atoms with van der Waals surface area (Å²) in [6.45, 7) is 1.25. The van der Waals surface area contributed by atoms with Gasteiger partial charge in [0.1, 0.15) is 0 Å². The first kappa shape index (κ1) is 21.8. The quantitative estimate of drug-likeness (QED) is 0.741. The Labute approximate surface area is 187 Å². The molecule has 9 heteroatoms. The van der Waals surface area contributed by atoms with Crippen LogP contribution in [-0.4, -0.2) is 50.8 Å². The molecule has 0 saturated carbocycles. The normalized spacial score (nSPS) is 20.3. The van der Waals surface area contributed by atoms with E-state index in [1.54, 1.807) is 64.4 Å². The van der Waals surface area contributed by atoms with Crippen LogP contribution in [0.2, 0.25) is 5.02 Å². The molecule has 31 heavy (non-hydrogen) atoms. The number of rotatable bonds is 5. The van der Waals surface area contributed by atoms with Gasteiger partial charge in [0.2, 0.25) is 21.8 Å². The molecule has 0 aliphatic carbocycles. The van der Waals surface area contributed by atoms with Crippen molar-refractivity contribution < 1.29 is 18.0 Å². The Morgan fingerprint density at radius 2 is 1.74 bits per heavy atom. The highest BCUT2D eigenvalue weighted by molar-refractivity contribution is 7.89. The summed E-state index contributed by atoms with van der Waals surface area (Å²) in [4.78, 5) is 29.0. The van der Waals surface area contributed by atoms with Gasteiger partial charge < -0.3 is 9.80 Å². The maximum atomic E-state index is 13.0. The number of anilines is 1. The van der Waals surface area contributed by atoms with Gasteiger partial charge >= 0.3 is 0 Å². The van der Waals surface area contributed by atoms with Crippen molar-refractivity contribution in [1.82, 2.24) is 9.62 Å². The molecule has 7 nitrogen and oxygen atoms in total. The predicted molar refractivity (Wildman–Crippen MR) is 118 cm³/mol. The van der Waals surface area contributed by atoms with Gasteiger partial charge in [-0.05, 0) is 43.2 Å². The van der Waals surface area contributed by atoms with E-state index in [-0.39, 0.29) is 29.2 Å². The number of carbonyl (C=O) groups is 2. The maximum Gasteiger partial charge on any atom is 0.240 e. The lowest BCUT2D eigenvalue weighted by Gasteiger charge is -2.33. The number of carbonyl (C=O) groups excluding carboxylic acids is 2. The standard InChI is InChI=1S/C22H24ClN3O4S/c23-17-5-4-6-19(14-17)26-15-16(13-21(26)27)22(28)25-11-9-18(10-12-25)24-31(29,30)20-7-2-1-3-8-20/h1-8,14,16,18,24H,9-13,15H2/t16-/m0/s1. The van der Waals surface area contributed by atoms with Crippen LogP contribution in [0.25, 0.3) is 0 Å². The van der Waals surface area contributed by atoms with Crippen molar-refractivity contribution in [2.24, 2.45) is 5.92 Å². The Hall–Kier alpha value is -2.42. The third-order valence-corrected chi connectivity index (χ3v) is 7.55. The second-order valence-corrected chi connectivity index (χ2v) is 10.1. The summed E-state index contributed by atoms with van der Waals surface area (Å²) in [5, 5.41) is 0.542. The summed E-state index contributed by atoms with van der Waals surface area (Å²) in [5.41, 5.74) is 0.696. The smallest absolute Gasteiger partial charge is 0.240 e. The Morgan fingerprint density at radius 3 is 2.42 bits per heavy atom.